The first kappa shape index (κ1) is 13.3. The number of carbonyl (C=O) groups is 1. The van der Waals surface area contributed by atoms with Crippen molar-refractivity contribution in [1.82, 2.24) is 14.8 Å². The summed E-state index contributed by atoms with van der Waals surface area (Å²) in [4.78, 5) is 15.7. The Morgan fingerprint density at radius 3 is 2.76 bits per heavy atom. The van der Waals surface area contributed by atoms with Gasteiger partial charge in [-0.1, -0.05) is 18.2 Å². The standard InChI is InChI=1S/C16H15N3O2/c1-10-7-8-12-5-4-6-14(15(12)17-10)21-16-13(9-20)11(2)18-19(16)3/h4-9H,1-3H3. The lowest BCUT2D eigenvalue weighted by Crippen LogP contribution is -1.98. The predicted molar refractivity (Wildman–Crippen MR) is 79.9 cm³/mol. The van der Waals surface area contributed by atoms with E-state index >= 15 is 0 Å². The van der Waals surface area contributed by atoms with Crippen LogP contribution in [0.2, 0.25) is 0 Å². The van der Waals surface area contributed by atoms with E-state index < -0.39 is 0 Å². The van der Waals surface area contributed by atoms with Gasteiger partial charge in [-0.05, 0) is 26.0 Å². The summed E-state index contributed by atoms with van der Waals surface area (Å²) in [6.07, 6.45) is 0.765. The van der Waals surface area contributed by atoms with Crippen LogP contribution in [0.5, 0.6) is 11.6 Å². The Morgan fingerprint density at radius 1 is 1.19 bits per heavy atom. The largest absolute Gasteiger partial charge is 0.436 e. The number of aldehydes is 1. The zero-order chi connectivity index (χ0) is 15.0. The molecule has 0 aliphatic rings. The highest BCUT2D eigenvalue weighted by Gasteiger charge is 2.16. The Morgan fingerprint density at radius 2 is 2.00 bits per heavy atom. The van der Waals surface area contributed by atoms with Crippen LogP contribution in [0.25, 0.3) is 10.9 Å². The summed E-state index contributed by atoms with van der Waals surface area (Å²) in [6, 6.07) is 9.67. The number of pyridine rings is 1. The molecule has 0 radical (unpaired) electrons. The van der Waals surface area contributed by atoms with Crippen molar-refractivity contribution in [3.05, 3.63) is 47.3 Å². The van der Waals surface area contributed by atoms with E-state index in [9.17, 15) is 4.79 Å². The van der Waals surface area contributed by atoms with Gasteiger partial charge < -0.3 is 4.74 Å². The molecule has 0 amide bonds. The van der Waals surface area contributed by atoms with Gasteiger partial charge in [-0.25, -0.2) is 9.67 Å². The lowest BCUT2D eigenvalue weighted by Gasteiger charge is -2.09. The van der Waals surface area contributed by atoms with Crippen LogP contribution < -0.4 is 4.74 Å². The summed E-state index contributed by atoms with van der Waals surface area (Å²) in [5, 5.41) is 5.21. The van der Waals surface area contributed by atoms with Crippen LogP contribution in [-0.2, 0) is 7.05 Å². The quantitative estimate of drug-likeness (QED) is 0.692. The molecule has 0 spiro atoms. The second-order valence-corrected chi connectivity index (χ2v) is 4.93. The van der Waals surface area contributed by atoms with Crippen LogP contribution in [0.15, 0.2) is 30.3 Å². The number of aromatic nitrogens is 3. The van der Waals surface area contributed by atoms with Crippen molar-refractivity contribution >= 4 is 17.2 Å². The van der Waals surface area contributed by atoms with Crippen LogP contribution in [0.1, 0.15) is 21.7 Å². The van der Waals surface area contributed by atoms with Crippen molar-refractivity contribution in [2.75, 3.05) is 0 Å². The maximum absolute atomic E-state index is 11.2. The summed E-state index contributed by atoms with van der Waals surface area (Å²) >= 11 is 0. The van der Waals surface area contributed by atoms with E-state index in [-0.39, 0.29) is 0 Å². The fourth-order valence-electron chi connectivity index (χ4n) is 2.31. The van der Waals surface area contributed by atoms with Gasteiger partial charge in [0.15, 0.2) is 12.0 Å². The van der Waals surface area contributed by atoms with E-state index in [0.29, 0.717) is 22.9 Å². The molecule has 0 aliphatic carbocycles. The number of carbonyl (C=O) groups excluding carboxylic acids is 1. The monoisotopic (exact) mass is 281 g/mol. The molecule has 21 heavy (non-hydrogen) atoms. The first-order valence-electron chi connectivity index (χ1n) is 6.63. The van der Waals surface area contributed by atoms with E-state index in [1.165, 1.54) is 0 Å². The Hall–Kier alpha value is -2.69. The zero-order valence-electron chi connectivity index (χ0n) is 12.1. The van der Waals surface area contributed by atoms with Crippen molar-refractivity contribution in [1.29, 1.82) is 0 Å². The molecule has 0 unspecified atom stereocenters. The average molecular weight is 281 g/mol. The van der Waals surface area contributed by atoms with E-state index in [2.05, 4.69) is 10.1 Å². The van der Waals surface area contributed by atoms with Crippen LogP contribution in [0.4, 0.5) is 0 Å². The predicted octanol–water partition coefficient (Wildman–Crippen LogP) is 3.19. The van der Waals surface area contributed by atoms with Crippen molar-refractivity contribution in [2.45, 2.75) is 13.8 Å². The number of rotatable bonds is 3. The van der Waals surface area contributed by atoms with Crippen LogP contribution in [0.3, 0.4) is 0 Å². The van der Waals surface area contributed by atoms with Crippen molar-refractivity contribution in [3.8, 4) is 11.6 Å². The molecule has 5 nitrogen and oxygen atoms in total. The van der Waals surface area contributed by atoms with Gasteiger partial charge in [-0.15, -0.1) is 0 Å². The van der Waals surface area contributed by atoms with Crippen molar-refractivity contribution in [3.63, 3.8) is 0 Å². The third-order valence-electron chi connectivity index (χ3n) is 3.36. The van der Waals surface area contributed by atoms with Gasteiger partial charge in [0.05, 0.1) is 11.3 Å². The zero-order valence-corrected chi connectivity index (χ0v) is 12.1. The minimum atomic E-state index is 0.429. The molecule has 3 aromatic rings. The molecule has 5 heteroatoms. The molecule has 3 rings (SSSR count). The minimum absolute atomic E-state index is 0.429. The average Bonchev–Trinajstić information content (AvgIpc) is 2.73. The van der Waals surface area contributed by atoms with Gasteiger partial charge in [0.1, 0.15) is 5.52 Å². The smallest absolute Gasteiger partial charge is 0.228 e. The third kappa shape index (κ3) is 2.27. The minimum Gasteiger partial charge on any atom is -0.436 e. The number of benzene rings is 1. The molecule has 0 saturated carbocycles. The summed E-state index contributed by atoms with van der Waals surface area (Å²) in [6.45, 7) is 3.71. The Labute approximate surface area is 122 Å². The fraction of sp³-hybridized carbons (Fsp3) is 0.188. The van der Waals surface area contributed by atoms with E-state index in [1.807, 2.05) is 37.3 Å². The number of fused-ring (bicyclic) bond motifs is 1. The number of hydrogen-bond donors (Lipinski definition) is 0. The molecule has 0 bridgehead atoms. The third-order valence-corrected chi connectivity index (χ3v) is 3.36. The van der Waals surface area contributed by atoms with Crippen LogP contribution in [-0.4, -0.2) is 21.1 Å². The summed E-state index contributed by atoms with van der Waals surface area (Å²) in [7, 11) is 1.75. The number of para-hydroxylation sites is 1. The van der Waals surface area contributed by atoms with Crippen molar-refractivity contribution < 1.29 is 9.53 Å². The molecular weight excluding hydrogens is 266 g/mol. The molecule has 0 fully saturated rings. The van der Waals surface area contributed by atoms with Crippen molar-refractivity contribution in [2.24, 2.45) is 7.05 Å². The maximum atomic E-state index is 11.2. The molecular formula is C16H15N3O2. The van der Waals surface area contributed by atoms with E-state index in [4.69, 9.17) is 4.74 Å². The number of aryl methyl sites for hydroxylation is 3. The first-order chi connectivity index (χ1) is 10.1. The Bertz CT molecular complexity index is 837. The van der Waals surface area contributed by atoms with Gasteiger partial charge in [-0.2, -0.15) is 5.10 Å². The highest BCUT2D eigenvalue weighted by molar-refractivity contribution is 5.85. The molecule has 2 aromatic heterocycles. The van der Waals surface area contributed by atoms with E-state index in [0.717, 1.165) is 22.9 Å². The van der Waals surface area contributed by atoms with Crippen LogP contribution in [0, 0.1) is 13.8 Å². The van der Waals surface area contributed by atoms with Gasteiger partial charge in [0.2, 0.25) is 5.88 Å². The lowest BCUT2D eigenvalue weighted by atomic mass is 10.2. The van der Waals surface area contributed by atoms with Gasteiger partial charge >= 0.3 is 0 Å². The molecule has 0 atom stereocenters. The summed E-state index contributed by atoms with van der Waals surface area (Å²) in [5.74, 6) is 1.04. The number of hydrogen-bond acceptors (Lipinski definition) is 4. The van der Waals surface area contributed by atoms with Gasteiger partial charge in [-0.3, -0.25) is 4.79 Å². The highest BCUT2D eigenvalue weighted by atomic mass is 16.5. The molecule has 2 heterocycles. The second-order valence-electron chi connectivity index (χ2n) is 4.93. The van der Waals surface area contributed by atoms with Gasteiger partial charge in [0.25, 0.3) is 0 Å². The van der Waals surface area contributed by atoms with E-state index in [1.54, 1.807) is 18.7 Å². The second kappa shape index (κ2) is 5.01. The summed E-state index contributed by atoms with van der Waals surface area (Å²) in [5.41, 5.74) is 2.79. The van der Waals surface area contributed by atoms with Crippen LogP contribution >= 0.6 is 0 Å². The SMILES string of the molecule is Cc1ccc2cccc(Oc3c(C=O)c(C)nn3C)c2n1. The molecule has 0 N–H and O–H groups in total. The normalized spacial score (nSPS) is 10.8. The topological polar surface area (TPSA) is 57.0 Å². The Kier molecular flexibility index (Phi) is 3.17. The number of nitrogens with zero attached hydrogens (tertiary/aromatic N) is 3. The fourth-order valence-corrected chi connectivity index (χ4v) is 2.31. The molecule has 106 valence electrons. The lowest BCUT2D eigenvalue weighted by molar-refractivity contribution is 0.112. The van der Waals surface area contributed by atoms with Gasteiger partial charge in [0, 0.05) is 18.1 Å². The molecule has 1 aromatic carbocycles. The summed E-state index contributed by atoms with van der Waals surface area (Å²) < 4.78 is 7.49. The Balaban J connectivity index is 2.14. The highest BCUT2D eigenvalue weighted by Crippen LogP contribution is 2.30. The molecule has 0 saturated heterocycles. The maximum Gasteiger partial charge on any atom is 0.228 e. The number of ether oxygens (including phenoxy) is 1. The molecule has 0 aliphatic heterocycles. The first-order valence-corrected chi connectivity index (χ1v) is 6.63.